The van der Waals surface area contributed by atoms with Gasteiger partial charge in [0.25, 0.3) is 0 Å². The molecule has 1 saturated carbocycles. The number of carbonyl (C=O) groups excluding carboxylic acids is 1. The summed E-state index contributed by atoms with van der Waals surface area (Å²) >= 11 is 0. The molecule has 0 bridgehead atoms. The van der Waals surface area contributed by atoms with E-state index in [1.165, 1.54) is 6.42 Å². The fourth-order valence-electron chi connectivity index (χ4n) is 2.84. The molecule has 3 heteroatoms. The molecule has 1 aliphatic carbocycles. The maximum Gasteiger partial charge on any atom is 0.141 e. The molecule has 1 heterocycles. The minimum Gasteiger partial charge on any atom is -0.299 e. The molecule has 17 heavy (non-hydrogen) atoms. The number of aryl methyl sites for hydroxylation is 2. The van der Waals surface area contributed by atoms with Gasteiger partial charge in [0.15, 0.2) is 0 Å². The summed E-state index contributed by atoms with van der Waals surface area (Å²) in [5.74, 6) is 1.43. The average molecular weight is 234 g/mol. The van der Waals surface area contributed by atoms with Gasteiger partial charge in [-0.15, -0.1) is 0 Å². The van der Waals surface area contributed by atoms with Crippen molar-refractivity contribution in [3.63, 3.8) is 0 Å². The van der Waals surface area contributed by atoms with Crippen LogP contribution in [0.2, 0.25) is 0 Å². The molecule has 0 aliphatic heterocycles. The van der Waals surface area contributed by atoms with Gasteiger partial charge in [0.05, 0.1) is 5.69 Å². The second-order valence-electron chi connectivity index (χ2n) is 5.35. The van der Waals surface area contributed by atoms with Crippen LogP contribution in [0.15, 0.2) is 6.07 Å². The standard InChI is InChI=1S/C14H22N2O/c1-4-16-13(8-11(3)15-16)9-14(17)12-6-5-10(2)7-12/h8,10,12H,4-7,9H2,1-3H3. The Kier molecular flexibility index (Phi) is 3.65. The number of hydrogen-bond donors (Lipinski definition) is 0. The topological polar surface area (TPSA) is 34.9 Å². The number of carbonyl (C=O) groups is 1. The van der Waals surface area contributed by atoms with Crippen LogP contribution >= 0.6 is 0 Å². The van der Waals surface area contributed by atoms with Crippen LogP contribution in [0.3, 0.4) is 0 Å². The molecule has 3 nitrogen and oxygen atoms in total. The fourth-order valence-corrected chi connectivity index (χ4v) is 2.84. The number of rotatable bonds is 4. The molecule has 0 amide bonds. The number of aromatic nitrogens is 2. The van der Waals surface area contributed by atoms with Gasteiger partial charge in [-0.1, -0.05) is 6.92 Å². The van der Waals surface area contributed by atoms with Crippen molar-refractivity contribution in [1.29, 1.82) is 0 Å². The Hall–Kier alpha value is -1.12. The Labute approximate surface area is 103 Å². The van der Waals surface area contributed by atoms with Crippen LogP contribution in [0, 0.1) is 18.8 Å². The Morgan fingerprint density at radius 1 is 1.53 bits per heavy atom. The Morgan fingerprint density at radius 2 is 2.29 bits per heavy atom. The minimum absolute atomic E-state index is 0.297. The van der Waals surface area contributed by atoms with Crippen LogP contribution in [0.5, 0.6) is 0 Å². The molecular weight excluding hydrogens is 212 g/mol. The summed E-state index contributed by atoms with van der Waals surface area (Å²) in [7, 11) is 0. The van der Waals surface area contributed by atoms with E-state index in [4.69, 9.17) is 0 Å². The van der Waals surface area contributed by atoms with Crippen molar-refractivity contribution in [3.8, 4) is 0 Å². The lowest BCUT2D eigenvalue weighted by Gasteiger charge is -2.09. The van der Waals surface area contributed by atoms with Gasteiger partial charge in [-0.25, -0.2) is 0 Å². The van der Waals surface area contributed by atoms with Gasteiger partial charge in [0.2, 0.25) is 0 Å². The quantitative estimate of drug-likeness (QED) is 0.803. The molecule has 0 aromatic carbocycles. The molecule has 0 saturated heterocycles. The molecule has 0 spiro atoms. The second kappa shape index (κ2) is 5.03. The van der Waals surface area contributed by atoms with Crippen LogP contribution in [-0.2, 0) is 17.8 Å². The molecule has 1 aromatic heterocycles. The van der Waals surface area contributed by atoms with E-state index in [1.54, 1.807) is 0 Å². The summed E-state index contributed by atoms with van der Waals surface area (Å²) in [6, 6.07) is 2.04. The first-order valence-corrected chi connectivity index (χ1v) is 6.66. The largest absolute Gasteiger partial charge is 0.299 e. The highest BCUT2D eigenvalue weighted by Crippen LogP contribution is 2.31. The van der Waals surface area contributed by atoms with E-state index < -0.39 is 0 Å². The van der Waals surface area contributed by atoms with E-state index in [1.807, 2.05) is 17.7 Å². The lowest BCUT2D eigenvalue weighted by molar-refractivity contribution is -0.122. The van der Waals surface area contributed by atoms with Gasteiger partial charge in [0.1, 0.15) is 5.78 Å². The normalized spacial score (nSPS) is 24.2. The van der Waals surface area contributed by atoms with E-state index in [2.05, 4.69) is 18.9 Å². The first-order chi connectivity index (χ1) is 8.10. The number of nitrogens with zero attached hydrogens (tertiary/aromatic N) is 2. The van der Waals surface area contributed by atoms with Crippen molar-refractivity contribution < 1.29 is 4.79 Å². The Balaban J connectivity index is 2.02. The van der Waals surface area contributed by atoms with Gasteiger partial charge < -0.3 is 0 Å². The molecular formula is C14H22N2O. The molecule has 0 N–H and O–H groups in total. The monoisotopic (exact) mass is 234 g/mol. The Bertz CT molecular complexity index is 408. The van der Waals surface area contributed by atoms with Crippen LogP contribution in [0.4, 0.5) is 0 Å². The third kappa shape index (κ3) is 2.76. The number of hydrogen-bond acceptors (Lipinski definition) is 2. The van der Waals surface area contributed by atoms with Gasteiger partial charge in [-0.05, 0) is 45.1 Å². The van der Waals surface area contributed by atoms with Crippen molar-refractivity contribution in [2.24, 2.45) is 11.8 Å². The Morgan fingerprint density at radius 3 is 2.88 bits per heavy atom. The summed E-state index contributed by atoms with van der Waals surface area (Å²) in [4.78, 5) is 12.2. The van der Waals surface area contributed by atoms with Crippen molar-refractivity contribution >= 4 is 5.78 Å². The molecule has 1 aromatic rings. The molecule has 1 aliphatic rings. The molecule has 2 rings (SSSR count). The molecule has 2 atom stereocenters. The van der Waals surface area contributed by atoms with Gasteiger partial charge in [-0.2, -0.15) is 5.10 Å². The zero-order valence-corrected chi connectivity index (χ0v) is 11.1. The van der Waals surface area contributed by atoms with Crippen LogP contribution < -0.4 is 0 Å². The number of ketones is 1. The summed E-state index contributed by atoms with van der Waals surface area (Å²) in [6.45, 7) is 7.14. The van der Waals surface area contributed by atoms with Crippen LogP contribution in [-0.4, -0.2) is 15.6 Å². The van der Waals surface area contributed by atoms with Gasteiger partial charge in [-0.3, -0.25) is 9.48 Å². The highest BCUT2D eigenvalue weighted by molar-refractivity contribution is 5.83. The maximum atomic E-state index is 12.2. The van der Waals surface area contributed by atoms with E-state index in [-0.39, 0.29) is 0 Å². The summed E-state index contributed by atoms with van der Waals surface area (Å²) < 4.78 is 1.95. The molecule has 0 radical (unpaired) electrons. The van der Waals surface area contributed by atoms with E-state index in [0.717, 1.165) is 36.7 Å². The minimum atomic E-state index is 0.297. The number of Topliss-reactive ketones (excluding diaryl/α,β-unsaturated/α-hetero) is 1. The summed E-state index contributed by atoms with van der Waals surface area (Å²) in [5, 5.41) is 4.39. The van der Waals surface area contributed by atoms with E-state index in [9.17, 15) is 4.79 Å². The molecule has 2 unspecified atom stereocenters. The highest BCUT2D eigenvalue weighted by atomic mass is 16.1. The molecule has 1 fully saturated rings. The maximum absolute atomic E-state index is 12.2. The predicted molar refractivity (Wildman–Crippen MR) is 67.9 cm³/mol. The van der Waals surface area contributed by atoms with E-state index in [0.29, 0.717) is 18.1 Å². The zero-order chi connectivity index (χ0) is 12.4. The van der Waals surface area contributed by atoms with E-state index >= 15 is 0 Å². The predicted octanol–water partition coefficient (Wildman–Crippen LogP) is 2.76. The van der Waals surface area contributed by atoms with Gasteiger partial charge in [0, 0.05) is 24.6 Å². The van der Waals surface area contributed by atoms with Crippen molar-refractivity contribution in [1.82, 2.24) is 9.78 Å². The highest BCUT2D eigenvalue weighted by Gasteiger charge is 2.27. The summed E-state index contributed by atoms with van der Waals surface area (Å²) in [5.41, 5.74) is 2.09. The second-order valence-corrected chi connectivity index (χ2v) is 5.35. The molecule has 94 valence electrons. The zero-order valence-electron chi connectivity index (χ0n) is 11.1. The third-order valence-corrected chi connectivity index (χ3v) is 3.79. The van der Waals surface area contributed by atoms with Crippen molar-refractivity contribution in [2.75, 3.05) is 0 Å². The summed E-state index contributed by atoms with van der Waals surface area (Å²) in [6.07, 6.45) is 3.94. The first-order valence-electron chi connectivity index (χ1n) is 6.66. The van der Waals surface area contributed by atoms with Crippen LogP contribution in [0.1, 0.15) is 44.5 Å². The third-order valence-electron chi connectivity index (χ3n) is 3.79. The van der Waals surface area contributed by atoms with Crippen LogP contribution in [0.25, 0.3) is 0 Å². The van der Waals surface area contributed by atoms with Gasteiger partial charge >= 0.3 is 0 Å². The lowest BCUT2D eigenvalue weighted by atomic mass is 9.97. The van der Waals surface area contributed by atoms with Crippen molar-refractivity contribution in [3.05, 3.63) is 17.5 Å². The lowest BCUT2D eigenvalue weighted by Crippen LogP contribution is -2.16. The average Bonchev–Trinajstić information content (AvgIpc) is 2.85. The smallest absolute Gasteiger partial charge is 0.141 e. The first kappa shape index (κ1) is 12.3. The SMILES string of the molecule is CCn1nc(C)cc1CC(=O)C1CCC(C)C1. The fraction of sp³-hybridized carbons (Fsp3) is 0.714. The van der Waals surface area contributed by atoms with Crippen molar-refractivity contribution in [2.45, 2.75) is 53.0 Å².